The molecule has 0 aromatic rings. The highest BCUT2D eigenvalue weighted by atomic mass is 16.5. The molecule has 0 spiro atoms. The van der Waals surface area contributed by atoms with E-state index in [1.165, 1.54) is 26.4 Å². The molecule has 0 aliphatic rings. The van der Waals surface area contributed by atoms with Crippen molar-refractivity contribution in [1.82, 2.24) is 0 Å². The van der Waals surface area contributed by atoms with Gasteiger partial charge in [-0.15, -0.1) is 17.8 Å². The number of rotatable bonds is 12. The van der Waals surface area contributed by atoms with Gasteiger partial charge in [0.2, 0.25) is 0 Å². The molecule has 0 saturated heterocycles. The van der Waals surface area contributed by atoms with Crippen LogP contribution in [0, 0.1) is 23.7 Å². The molecule has 0 aliphatic heterocycles. The Morgan fingerprint density at radius 2 is 1.50 bits per heavy atom. The van der Waals surface area contributed by atoms with Gasteiger partial charge in [-0.3, -0.25) is 4.79 Å². The molecular weight excluding hydrogens is 300 g/mol. The number of hydrogen-bond donors (Lipinski definition) is 1. The lowest BCUT2D eigenvalue weighted by molar-refractivity contribution is -0.140. The zero-order chi connectivity index (χ0) is 17.9. The smallest absolute Gasteiger partial charge is 0.305 e. The molecular formula is C21H34O3. The first kappa shape index (κ1) is 22.6. The number of carbonyl (C=O) groups is 1. The molecule has 0 aliphatic carbocycles. The number of carbonyl (C=O) groups excluding carboxylic acids is 1. The minimum Gasteiger partial charge on any atom is -0.469 e. The molecule has 0 unspecified atom stereocenters. The normalized spacial score (nSPS) is 11.0. The van der Waals surface area contributed by atoms with Gasteiger partial charge in [-0.2, -0.15) is 0 Å². The van der Waals surface area contributed by atoms with Gasteiger partial charge in [-0.1, -0.05) is 44.9 Å². The summed E-state index contributed by atoms with van der Waals surface area (Å²) in [5, 5.41) is 9.59. The van der Waals surface area contributed by atoms with Gasteiger partial charge in [0.25, 0.3) is 0 Å². The highest BCUT2D eigenvalue weighted by Gasteiger charge is 1.97. The third-order valence-corrected chi connectivity index (χ3v) is 3.74. The van der Waals surface area contributed by atoms with Crippen LogP contribution in [0.3, 0.4) is 0 Å². The molecule has 0 fully saturated rings. The molecule has 0 aromatic heterocycles. The Balaban J connectivity index is 3.34. The first-order chi connectivity index (χ1) is 11.7. The van der Waals surface area contributed by atoms with Gasteiger partial charge >= 0.3 is 5.97 Å². The van der Waals surface area contributed by atoms with E-state index in [2.05, 4.69) is 35.3 Å². The third kappa shape index (κ3) is 16.9. The summed E-state index contributed by atoms with van der Waals surface area (Å²) in [6, 6.07) is 0. The van der Waals surface area contributed by atoms with E-state index >= 15 is 0 Å². The second-order valence-electron chi connectivity index (χ2n) is 6.03. The van der Waals surface area contributed by atoms with Crippen LogP contribution in [0.2, 0.25) is 0 Å². The monoisotopic (exact) mass is 334 g/mol. The molecule has 136 valence electrons. The first-order valence-electron chi connectivity index (χ1n) is 9.39. The summed E-state index contributed by atoms with van der Waals surface area (Å²) >= 11 is 0. The van der Waals surface area contributed by atoms with Crippen molar-refractivity contribution < 1.29 is 14.6 Å². The zero-order valence-corrected chi connectivity index (χ0v) is 15.5. The standard InChI is InChI=1S/C21H34O3/c1-3-4-17-20(22)18-15-13-11-9-7-5-6-8-10-12-14-16-19-21(23)24-2/h20,22H,3-9,11,13-14,16-17,19H2,1-2H3/t20-/m1/s1. The summed E-state index contributed by atoms with van der Waals surface area (Å²) in [5.41, 5.74) is 0. The summed E-state index contributed by atoms with van der Waals surface area (Å²) in [6.45, 7) is 2.12. The van der Waals surface area contributed by atoms with Crippen molar-refractivity contribution in [3.8, 4) is 23.7 Å². The van der Waals surface area contributed by atoms with E-state index in [0.29, 0.717) is 6.42 Å². The molecule has 0 rings (SSSR count). The first-order valence-corrected chi connectivity index (χ1v) is 9.39. The summed E-state index contributed by atoms with van der Waals surface area (Å²) < 4.78 is 4.58. The third-order valence-electron chi connectivity index (χ3n) is 3.74. The molecule has 1 N–H and O–H groups in total. The molecule has 0 bridgehead atoms. The number of esters is 1. The van der Waals surface area contributed by atoms with E-state index < -0.39 is 6.10 Å². The van der Waals surface area contributed by atoms with Crippen molar-refractivity contribution in [3.05, 3.63) is 0 Å². The highest BCUT2D eigenvalue weighted by Crippen LogP contribution is 2.07. The maximum Gasteiger partial charge on any atom is 0.305 e. The number of ether oxygens (including phenoxy) is 1. The van der Waals surface area contributed by atoms with Gasteiger partial charge in [0.15, 0.2) is 0 Å². The largest absolute Gasteiger partial charge is 0.469 e. The lowest BCUT2D eigenvalue weighted by atomic mass is 10.1. The predicted molar refractivity (Wildman–Crippen MR) is 99.3 cm³/mol. The summed E-state index contributed by atoms with van der Waals surface area (Å²) in [4.78, 5) is 10.9. The summed E-state index contributed by atoms with van der Waals surface area (Å²) in [5.74, 6) is 12.1. The van der Waals surface area contributed by atoms with Crippen molar-refractivity contribution in [2.24, 2.45) is 0 Å². The molecule has 0 radical (unpaired) electrons. The Bertz CT molecular complexity index is 420. The minimum absolute atomic E-state index is 0.156. The lowest BCUT2D eigenvalue weighted by Gasteiger charge is -2.00. The van der Waals surface area contributed by atoms with Crippen LogP contribution in [0.25, 0.3) is 0 Å². The van der Waals surface area contributed by atoms with Crippen LogP contribution in [0.1, 0.15) is 90.4 Å². The quantitative estimate of drug-likeness (QED) is 0.322. The molecule has 0 amide bonds. The van der Waals surface area contributed by atoms with Crippen LogP contribution >= 0.6 is 0 Å². The molecule has 24 heavy (non-hydrogen) atoms. The lowest BCUT2D eigenvalue weighted by Crippen LogP contribution is -2.01. The maximum atomic E-state index is 10.9. The van der Waals surface area contributed by atoms with Crippen LogP contribution in [-0.2, 0) is 9.53 Å². The fraction of sp³-hybridized carbons (Fsp3) is 0.762. The van der Waals surface area contributed by atoms with Gasteiger partial charge in [-0.05, 0) is 25.7 Å². The van der Waals surface area contributed by atoms with Crippen LogP contribution < -0.4 is 0 Å². The Labute approximate surface area is 148 Å². The second-order valence-corrected chi connectivity index (χ2v) is 6.03. The Morgan fingerprint density at radius 1 is 0.917 bits per heavy atom. The maximum absolute atomic E-state index is 10.9. The zero-order valence-electron chi connectivity index (χ0n) is 15.5. The Kier molecular flexibility index (Phi) is 16.8. The topological polar surface area (TPSA) is 46.5 Å². The average Bonchev–Trinajstić information content (AvgIpc) is 2.59. The van der Waals surface area contributed by atoms with Gasteiger partial charge in [-0.25, -0.2) is 0 Å². The number of hydrogen-bond acceptors (Lipinski definition) is 3. The number of aliphatic hydroxyl groups excluding tert-OH is 1. The van der Waals surface area contributed by atoms with Gasteiger partial charge in [0.05, 0.1) is 7.11 Å². The van der Waals surface area contributed by atoms with Gasteiger partial charge in [0.1, 0.15) is 6.10 Å². The Morgan fingerprint density at radius 3 is 2.12 bits per heavy atom. The van der Waals surface area contributed by atoms with Crippen LogP contribution in [0.15, 0.2) is 0 Å². The summed E-state index contributed by atoms with van der Waals surface area (Å²) in [6.07, 6.45) is 12.3. The van der Waals surface area contributed by atoms with E-state index in [9.17, 15) is 9.90 Å². The van der Waals surface area contributed by atoms with Crippen molar-refractivity contribution in [2.75, 3.05) is 7.11 Å². The summed E-state index contributed by atoms with van der Waals surface area (Å²) in [7, 11) is 1.41. The van der Waals surface area contributed by atoms with Crippen molar-refractivity contribution in [2.45, 2.75) is 96.5 Å². The average molecular weight is 335 g/mol. The number of unbranched alkanes of at least 4 members (excludes halogenated alkanes) is 8. The fourth-order valence-corrected chi connectivity index (χ4v) is 2.22. The van der Waals surface area contributed by atoms with E-state index in [1.807, 2.05) is 0 Å². The highest BCUT2D eigenvalue weighted by molar-refractivity contribution is 5.69. The van der Waals surface area contributed by atoms with Crippen LogP contribution in [0.5, 0.6) is 0 Å². The molecule has 0 heterocycles. The predicted octanol–water partition coefficient (Wildman–Crippen LogP) is 4.62. The van der Waals surface area contributed by atoms with E-state index in [1.54, 1.807) is 0 Å². The SMILES string of the molecule is CCCC[C@@H](O)C#CCCCCCCCC#CCCCC(=O)OC. The van der Waals surface area contributed by atoms with Crippen molar-refractivity contribution >= 4 is 5.97 Å². The van der Waals surface area contributed by atoms with Crippen molar-refractivity contribution in [1.29, 1.82) is 0 Å². The minimum atomic E-state index is -0.434. The van der Waals surface area contributed by atoms with Gasteiger partial charge in [0, 0.05) is 25.7 Å². The molecule has 3 heteroatoms. The molecule has 3 nitrogen and oxygen atoms in total. The fourth-order valence-electron chi connectivity index (χ4n) is 2.22. The number of aliphatic hydroxyl groups is 1. The van der Waals surface area contributed by atoms with Crippen LogP contribution in [0.4, 0.5) is 0 Å². The second kappa shape index (κ2) is 17.9. The van der Waals surface area contributed by atoms with Crippen LogP contribution in [-0.4, -0.2) is 24.3 Å². The molecule has 0 saturated carbocycles. The van der Waals surface area contributed by atoms with E-state index in [4.69, 9.17) is 0 Å². The molecule has 1 atom stereocenters. The van der Waals surface area contributed by atoms with Crippen molar-refractivity contribution in [3.63, 3.8) is 0 Å². The molecule has 0 aromatic carbocycles. The van der Waals surface area contributed by atoms with Gasteiger partial charge < -0.3 is 9.84 Å². The van der Waals surface area contributed by atoms with E-state index in [-0.39, 0.29) is 5.97 Å². The number of methoxy groups -OCH3 is 1. The van der Waals surface area contributed by atoms with E-state index in [0.717, 1.165) is 57.8 Å². The Hall–Kier alpha value is -1.45.